The third kappa shape index (κ3) is 5.48. The summed E-state index contributed by atoms with van der Waals surface area (Å²) in [6.45, 7) is 4.92. The quantitative estimate of drug-likeness (QED) is 0.419. The van der Waals surface area contributed by atoms with Crippen molar-refractivity contribution in [1.82, 2.24) is 9.29 Å². The van der Waals surface area contributed by atoms with Gasteiger partial charge in [0.25, 0.3) is 5.91 Å². The zero-order valence-electron chi connectivity index (χ0n) is 17.9. The van der Waals surface area contributed by atoms with Crippen molar-refractivity contribution in [3.05, 3.63) is 53.6 Å². The summed E-state index contributed by atoms with van der Waals surface area (Å²) in [5.41, 5.74) is 0.205. The fourth-order valence-electron chi connectivity index (χ4n) is 3.13. The number of halogens is 2. The summed E-state index contributed by atoms with van der Waals surface area (Å²) in [5.74, 6) is -2.05. The lowest BCUT2D eigenvalue weighted by Gasteiger charge is -2.22. The third-order valence-electron chi connectivity index (χ3n) is 4.91. The predicted octanol–water partition coefficient (Wildman–Crippen LogP) is 5.42. The lowest BCUT2D eigenvalue weighted by atomic mass is 10.2. The Hall–Kier alpha value is -2.43. The SMILES string of the molecule is CCCCN(CCCC)S(=O)(=O)c1ccc(C(=O)Nc2nc3c(F)cc(F)cc3s2)cc1. The molecule has 3 aromatic rings. The van der Waals surface area contributed by atoms with Crippen LogP contribution in [-0.4, -0.2) is 36.7 Å². The number of fused-ring (bicyclic) bond motifs is 1. The summed E-state index contributed by atoms with van der Waals surface area (Å²) in [6.07, 6.45) is 3.32. The molecular formula is C22H25F2N3O3S2. The van der Waals surface area contributed by atoms with Crippen LogP contribution in [0.4, 0.5) is 13.9 Å². The van der Waals surface area contributed by atoms with Crippen LogP contribution in [0.15, 0.2) is 41.3 Å². The van der Waals surface area contributed by atoms with E-state index >= 15 is 0 Å². The van der Waals surface area contributed by atoms with Gasteiger partial charge in [0.05, 0.1) is 9.60 Å². The lowest BCUT2D eigenvalue weighted by Crippen LogP contribution is -2.33. The Morgan fingerprint density at radius 1 is 1.06 bits per heavy atom. The number of hydrogen-bond donors (Lipinski definition) is 1. The molecule has 0 radical (unpaired) electrons. The normalized spacial score (nSPS) is 11.9. The Balaban J connectivity index is 1.76. The molecule has 0 aliphatic rings. The molecule has 0 spiro atoms. The van der Waals surface area contributed by atoms with Crippen LogP contribution in [0, 0.1) is 11.6 Å². The van der Waals surface area contributed by atoms with Gasteiger partial charge in [0.2, 0.25) is 10.0 Å². The molecule has 1 amide bonds. The average molecular weight is 482 g/mol. The van der Waals surface area contributed by atoms with Crippen LogP contribution in [0.25, 0.3) is 10.2 Å². The highest BCUT2D eigenvalue weighted by atomic mass is 32.2. The molecule has 1 N–H and O–H groups in total. The number of rotatable bonds is 10. The Labute approximate surface area is 190 Å². The van der Waals surface area contributed by atoms with Gasteiger partial charge in [0.15, 0.2) is 10.9 Å². The topological polar surface area (TPSA) is 79.4 Å². The number of thiazole rings is 1. The Bertz CT molecular complexity index is 1190. The van der Waals surface area contributed by atoms with Gasteiger partial charge < -0.3 is 0 Å². The second kappa shape index (κ2) is 10.5. The molecule has 3 rings (SSSR count). The van der Waals surface area contributed by atoms with Crippen molar-refractivity contribution < 1.29 is 22.0 Å². The van der Waals surface area contributed by atoms with Gasteiger partial charge >= 0.3 is 0 Å². The standard InChI is InChI=1S/C22H25F2N3O3S2/c1-3-5-11-27(12-6-4-2)32(29,30)17-9-7-15(8-10-17)21(28)26-22-25-20-18(24)13-16(23)14-19(20)31-22/h7-10,13-14H,3-6,11-12H2,1-2H3,(H,25,26,28). The van der Waals surface area contributed by atoms with Gasteiger partial charge in [0.1, 0.15) is 11.3 Å². The van der Waals surface area contributed by atoms with Crippen LogP contribution >= 0.6 is 11.3 Å². The first-order valence-corrected chi connectivity index (χ1v) is 12.7. The number of carbonyl (C=O) groups excluding carboxylic acids is 1. The van der Waals surface area contributed by atoms with Crippen molar-refractivity contribution in [3.8, 4) is 0 Å². The van der Waals surface area contributed by atoms with Crippen molar-refractivity contribution in [1.29, 1.82) is 0 Å². The maximum atomic E-state index is 13.8. The van der Waals surface area contributed by atoms with Crippen LogP contribution in [0.5, 0.6) is 0 Å². The molecule has 6 nitrogen and oxygen atoms in total. The Morgan fingerprint density at radius 2 is 1.69 bits per heavy atom. The second-order valence-corrected chi connectivity index (χ2v) is 10.3. The van der Waals surface area contributed by atoms with Crippen molar-refractivity contribution in [3.63, 3.8) is 0 Å². The van der Waals surface area contributed by atoms with Crippen LogP contribution in [0.1, 0.15) is 49.9 Å². The molecule has 172 valence electrons. The van der Waals surface area contributed by atoms with Crippen molar-refractivity contribution in [2.45, 2.75) is 44.4 Å². The maximum absolute atomic E-state index is 13.8. The van der Waals surface area contributed by atoms with Gasteiger partial charge in [-0.2, -0.15) is 4.31 Å². The van der Waals surface area contributed by atoms with E-state index in [0.717, 1.165) is 49.2 Å². The van der Waals surface area contributed by atoms with Gasteiger partial charge in [-0.15, -0.1) is 0 Å². The first kappa shape index (κ1) is 24.2. The van der Waals surface area contributed by atoms with Crippen LogP contribution in [-0.2, 0) is 10.0 Å². The number of unbranched alkanes of at least 4 members (excludes halogenated alkanes) is 2. The molecule has 0 bridgehead atoms. The fraction of sp³-hybridized carbons (Fsp3) is 0.364. The lowest BCUT2D eigenvalue weighted by molar-refractivity contribution is 0.102. The van der Waals surface area contributed by atoms with E-state index in [9.17, 15) is 22.0 Å². The molecule has 1 aromatic heterocycles. The Kier molecular flexibility index (Phi) is 7.91. The molecule has 0 aliphatic carbocycles. The van der Waals surface area contributed by atoms with Gasteiger partial charge in [-0.1, -0.05) is 38.0 Å². The summed E-state index contributed by atoms with van der Waals surface area (Å²) in [5, 5.41) is 2.67. The highest BCUT2D eigenvalue weighted by Crippen LogP contribution is 2.29. The first-order chi connectivity index (χ1) is 15.3. The average Bonchev–Trinajstić information content (AvgIpc) is 3.16. The number of amides is 1. The maximum Gasteiger partial charge on any atom is 0.257 e. The number of sulfonamides is 1. The molecule has 1 heterocycles. The largest absolute Gasteiger partial charge is 0.298 e. The molecular weight excluding hydrogens is 456 g/mol. The van der Waals surface area contributed by atoms with Crippen molar-refractivity contribution >= 4 is 42.6 Å². The van der Waals surface area contributed by atoms with E-state index in [4.69, 9.17) is 0 Å². The van der Waals surface area contributed by atoms with Gasteiger partial charge in [-0.25, -0.2) is 22.2 Å². The summed E-state index contributed by atoms with van der Waals surface area (Å²) in [7, 11) is -3.66. The summed E-state index contributed by atoms with van der Waals surface area (Å²) in [6, 6.07) is 7.54. The van der Waals surface area contributed by atoms with E-state index in [1.165, 1.54) is 28.6 Å². The van der Waals surface area contributed by atoms with E-state index in [1.807, 2.05) is 13.8 Å². The van der Waals surface area contributed by atoms with Crippen LogP contribution < -0.4 is 5.32 Å². The van der Waals surface area contributed by atoms with Crippen molar-refractivity contribution in [2.24, 2.45) is 0 Å². The molecule has 0 unspecified atom stereocenters. The molecule has 0 atom stereocenters. The van der Waals surface area contributed by atoms with Gasteiger partial charge in [-0.05, 0) is 43.2 Å². The highest BCUT2D eigenvalue weighted by molar-refractivity contribution is 7.89. The molecule has 0 saturated carbocycles. The van der Waals surface area contributed by atoms with E-state index in [1.54, 1.807) is 0 Å². The van der Waals surface area contributed by atoms with E-state index in [2.05, 4.69) is 10.3 Å². The number of nitrogens with one attached hydrogen (secondary N) is 1. The number of carbonyl (C=O) groups is 1. The number of benzene rings is 2. The molecule has 32 heavy (non-hydrogen) atoms. The molecule has 10 heteroatoms. The number of anilines is 1. The number of hydrogen-bond acceptors (Lipinski definition) is 5. The Morgan fingerprint density at radius 3 is 2.28 bits per heavy atom. The summed E-state index contributed by atoms with van der Waals surface area (Å²) in [4.78, 5) is 16.7. The summed E-state index contributed by atoms with van der Waals surface area (Å²) < 4.78 is 55.0. The van der Waals surface area contributed by atoms with E-state index in [0.29, 0.717) is 13.1 Å². The molecule has 0 aliphatic heterocycles. The second-order valence-electron chi connectivity index (χ2n) is 7.34. The van der Waals surface area contributed by atoms with Gasteiger partial charge in [0, 0.05) is 24.7 Å². The molecule has 0 fully saturated rings. The minimum atomic E-state index is -3.66. The monoisotopic (exact) mass is 481 g/mol. The van der Waals surface area contributed by atoms with Crippen LogP contribution in [0.3, 0.4) is 0 Å². The fourth-order valence-corrected chi connectivity index (χ4v) is 5.55. The zero-order chi connectivity index (χ0) is 23.3. The minimum absolute atomic E-state index is 0.0209. The zero-order valence-corrected chi connectivity index (χ0v) is 19.5. The summed E-state index contributed by atoms with van der Waals surface area (Å²) >= 11 is 0.949. The molecule has 0 saturated heterocycles. The van der Waals surface area contributed by atoms with E-state index < -0.39 is 27.6 Å². The number of aromatic nitrogens is 1. The predicted molar refractivity (Wildman–Crippen MR) is 123 cm³/mol. The third-order valence-corrected chi connectivity index (χ3v) is 7.74. The van der Waals surface area contributed by atoms with Crippen LogP contribution in [0.2, 0.25) is 0 Å². The smallest absolute Gasteiger partial charge is 0.257 e. The highest BCUT2D eigenvalue weighted by Gasteiger charge is 2.24. The van der Waals surface area contributed by atoms with E-state index in [-0.39, 0.29) is 25.8 Å². The number of nitrogens with zero attached hydrogens (tertiary/aromatic N) is 2. The first-order valence-electron chi connectivity index (χ1n) is 10.4. The van der Waals surface area contributed by atoms with Gasteiger partial charge in [-0.3, -0.25) is 10.1 Å². The minimum Gasteiger partial charge on any atom is -0.298 e. The van der Waals surface area contributed by atoms with Crippen molar-refractivity contribution in [2.75, 3.05) is 18.4 Å². The molecule has 2 aromatic carbocycles.